The monoisotopic (exact) mass is 443 g/mol. The van der Waals surface area contributed by atoms with Crippen molar-refractivity contribution in [3.63, 3.8) is 0 Å². The molecule has 0 bridgehead atoms. The van der Waals surface area contributed by atoms with Crippen molar-refractivity contribution < 1.29 is 14.3 Å². The second kappa shape index (κ2) is 8.56. The molecule has 1 amide bonds. The average Bonchev–Trinajstić information content (AvgIpc) is 3.51. The minimum atomic E-state index is 0.132. The second-order valence-corrected chi connectivity index (χ2v) is 8.44. The van der Waals surface area contributed by atoms with Crippen molar-refractivity contribution in [2.75, 3.05) is 19.7 Å². The van der Waals surface area contributed by atoms with Gasteiger partial charge in [0.25, 0.3) is 0 Å². The van der Waals surface area contributed by atoms with Crippen LogP contribution in [0.5, 0.6) is 11.5 Å². The molecule has 0 radical (unpaired) electrons. The van der Waals surface area contributed by atoms with Crippen molar-refractivity contribution in [2.45, 2.75) is 38.2 Å². The van der Waals surface area contributed by atoms with Gasteiger partial charge in [-0.1, -0.05) is 40.2 Å². The van der Waals surface area contributed by atoms with Crippen LogP contribution in [0.1, 0.15) is 37.7 Å². The van der Waals surface area contributed by atoms with Crippen molar-refractivity contribution >= 4 is 21.8 Å². The molecule has 148 valence electrons. The number of carbonyl (C=O) groups excluding carboxylic acids is 1. The maximum atomic E-state index is 12.9. The molecule has 2 aromatic carbocycles. The number of piperidine rings is 1. The normalized spacial score (nSPS) is 22.0. The summed E-state index contributed by atoms with van der Waals surface area (Å²) in [6, 6.07) is 16.2. The van der Waals surface area contributed by atoms with E-state index in [4.69, 9.17) is 9.47 Å². The van der Waals surface area contributed by atoms with Gasteiger partial charge >= 0.3 is 0 Å². The first-order chi connectivity index (χ1) is 13.7. The highest BCUT2D eigenvalue weighted by Gasteiger charge is 2.46. The molecule has 2 atom stereocenters. The summed E-state index contributed by atoms with van der Waals surface area (Å²) < 4.78 is 12.9. The van der Waals surface area contributed by atoms with Crippen LogP contribution in [-0.4, -0.2) is 36.6 Å². The Morgan fingerprint density at radius 3 is 2.43 bits per heavy atom. The van der Waals surface area contributed by atoms with Gasteiger partial charge in [0.15, 0.2) is 11.5 Å². The molecule has 1 saturated carbocycles. The molecule has 0 N–H and O–H groups in total. The van der Waals surface area contributed by atoms with Gasteiger partial charge in [0.2, 0.25) is 5.91 Å². The topological polar surface area (TPSA) is 38.8 Å². The molecule has 1 aliphatic carbocycles. The number of benzene rings is 2. The zero-order chi connectivity index (χ0) is 19.5. The Morgan fingerprint density at radius 2 is 1.75 bits per heavy atom. The van der Waals surface area contributed by atoms with Gasteiger partial charge in [0.1, 0.15) is 6.10 Å². The molecule has 1 saturated heterocycles. The van der Waals surface area contributed by atoms with Crippen molar-refractivity contribution in [1.29, 1.82) is 0 Å². The third-order valence-corrected chi connectivity index (χ3v) is 6.13. The quantitative estimate of drug-likeness (QED) is 0.628. The van der Waals surface area contributed by atoms with Crippen LogP contribution < -0.4 is 9.47 Å². The third-order valence-electron chi connectivity index (χ3n) is 5.60. The van der Waals surface area contributed by atoms with E-state index in [1.54, 1.807) is 0 Å². The van der Waals surface area contributed by atoms with E-state index in [0.717, 1.165) is 48.3 Å². The fraction of sp³-hybridized carbons (Fsp3) is 0.435. The average molecular weight is 444 g/mol. The van der Waals surface area contributed by atoms with E-state index in [0.29, 0.717) is 18.4 Å². The van der Waals surface area contributed by atoms with Crippen LogP contribution in [0.4, 0.5) is 0 Å². The number of carbonyl (C=O) groups is 1. The van der Waals surface area contributed by atoms with Gasteiger partial charge in [-0.3, -0.25) is 4.79 Å². The predicted octanol–water partition coefficient (Wildman–Crippen LogP) is 5.02. The molecule has 2 aromatic rings. The maximum absolute atomic E-state index is 12.9. The number of likely N-dealkylation sites (tertiary alicyclic amines) is 1. The molecular formula is C23H26BrNO3. The summed E-state index contributed by atoms with van der Waals surface area (Å²) in [5, 5.41) is 0. The van der Waals surface area contributed by atoms with Gasteiger partial charge in [0, 0.05) is 36.3 Å². The molecule has 2 aliphatic rings. The van der Waals surface area contributed by atoms with Crippen LogP contribution in [0.2, 0.25) is 0 Å². The summed E-state index contributed by atoms with van der Waals surface area (Å²) in [6.07, 6.45) is 2.83. The van der Waals surface area contributed by atoms with E-state index in [1.165, 1.54) is 5.56 Å². The molecule has 0 spiro atoms. The van der Waals surface area contributed by atoms with Crippen LogP contribution in [0, 0.1) is 5.92 Å². The van der Waals surface area contributed by atoms with Crippen molar-refractivity contribution in [3.05, 3.63) is 58.6 Å². The van der Waals surface area contributed by atoms with Crippen molar-refractivity contribution in [3.8, 4) is 11.5 Å². The summed E-state index contributed by atoms with van der Waals surface area (Å²) in [6.45, 7) is 4.13. The number of hydrogen-bond donors (Lipinski definition) is 0. The van der Waals surface area contributed by atoms with Gasteiger partial charge in [0.05, 0.1) is 6.61 Å². The predicted molar refractivity (Wildman–Crippen MR) is 113 cm³/mol. The van der Waals surface area contributed by atoms with Crippen molar-refractivity contribution in [1.82, 2.24) is 4.90 Å². The Morgan fingerprint density at radius 1 is 1.07 bits per heavy atom. The fourth-order valence-corrected chi connectivity index (χ4v) is 4.24. The van der Waals surface area contributed by atoms with Gasteiger partial charge in [-0.05, 0) is 49.1 Å². The van der Waals surface area contributed by atoms with Gasteiger partial charge < -0.3 is 14.4 Å². The number of rotatable bonds is 6. The third kappa shape index (κ3) is 4.35. The lowest BCUT2D eigenvalue weighted by atomic mass is 10.1. The summed E-state index contributed by atoms with van der Waals surface area (Å²) >= 11 is 3.47. The number of nitrogens with zero attached hydrogens (tertiary/aromatic N) is 1. The van der Waals surface area contributed by atoms with E-state index < -0.39 is 0 Å². The van der Waals surface area contributed by atoms with Crippen LogP contribution >= 0.6 is 15.9 Å². The van der Waals surface area contributed by atoms with E-state index >= 15 is 0 Å². The van der Waals surface area contributed by atoms with Crippen LogP contribution in [0.15, 0.2) is 53.0 Å². The van der Waals surface area contributed by atoms with E-state index in [1.807, 2.05) is 36.1 Å². The standard InChI is InChI=1S/C23H26BrNO3/c1-2-27-21-5-3-4-6-22(21)28-18-11-13-25(14-12-18)23(26)20-15-19(20)16-7-9-17(24)10-8-16/h3-10,18-20H,2,11-15H2,1H3. The van der Waals surface area contributed by atoms with Crippen molar-refractivity contribution in [2.24, 2.45) is 5.92 Å². The highest BCUT2D eigenvalue weighted by Crippen LogP contribution is 2.48. The first kappa shape index (κ1) is 19.3. The number of halogens is 1. The lowest BCUT2D eigenvalue weighted by Gasteiger charge is -2.32. The summed E-state index contributed by atoms with van der Waals surface area (Å²) in [5.74, 6) is 2.43. The highest BCUT2D eigenvalue weighted by atomic mass is 79.9. The van der Waals surface area contributed by atoms with Gasteiger partial charge in [-0.2, -0.15) is 0 Å². The molecule has 2 fully saturated rings. The molecule has 2 unspecified atom stereocenters. The zero-order valence-corrected chi connectivity index (χ0v) is 17.7. The molecule has 5 heteroatoms. The minimum absolute atomic E-state index is 0.132. The summed E-state index contributed by atoms with van der Waals surface area (Å²) in [7, 11) is 0. The Hall–Kier alpha value is -2.01. The van der Waals surface area contributed by atoms with Gasteiger partial charge in [-0.15, -0.1) is 0 Å². The van der Waals surface area contributed by atoms with E-state index in [-0.39, 0.29) is 12.0 Å². The fourth-order valence-electron chi connectivity index (χ4n) is 3.98. The van der Waals surface area contributed by atoms with E-state index in [2.05, 4.69) is 40.2 Å². The maximum Gasteiger partial charge on any atom is 0.226 e. The first-order valence-electron chi connectivity index (χ1n) is 10.1. The number of hydrogen-bond acceptors (Lipinski definition) is 3. The molecule has 28 heavy (non-hydrogen) atoms. The van der Waals surface area contributed by atoms with Crippen LogP contribution in [-0.2, 0) is 4.79 Å². The van der Waals surface area contributed by atoms with E-state index in [9.17, 15) is 4.79 Å². The lowest BCUT2D eigenvalue weighted by Crippen LogP contribution is -2.42. The summed E-state index contributed by atoms with van der Waals surface area (Å²) in [5.41, 5.74) is 1.27. The molecule has 0 aromatic heterocycles. The summed E-state index contributed by atoms with van der Waals surface area (Å²) in [4.78, 5) is 14.9. The molecule has 1 aliphatic heterocycles. The Balaban J connectivity index is 1.29. The Labute approximate surface area is 175 Å². The van der Waals surface area contributed by atoms with Gasteiger partial charge in [-0.25, -0.2) is 0 Å². The lowest BCUT2D eigenvalue weighted by molar-refractivity contribution is -0.134. The molecule has 4 rings (SSSR count). The largest absolute Gasteiger partial charge is 0.490 e. The zero-order valence-electron chi connectivity index (χ0n) is 16.1. The van der Waals surface area contributed by atoms with Crippen LogP contribution in [0.3, 0.4) is 0 Å². The molecule has 4 nitrogen and oxygen atoms in total. The minimum Gasteiger partial charge on any atom is -0.490 e. The Kier molecular flexibility index (Phi) is 5.90. The molecule has 1 heterocycles. The van der Waals surface area contributed by atoms with Crippen LogP contribution in [0.25, 0.3) is 0 Å². The number of amides is 1. The highest BCUT2D eigenvalue weighted by molar-refractivity contribution is 9.10. The Bertz CT molecular complexity index is 815. The SMILES string of the molecule is CCOc1ccccc1OC1CCN(C(=O)C2CC2c2ccc(Br)cc2)CC1. The number of para-hydroxylation sites is 2. The first-order valence-corrected chi connectivity index (χ1v) is 10.9. The second-order valence-electron chi connectivity index (χ2n) is 7.52. The smallest absolute Gasteiger partial charge is 0.226 e. The molecular weight excluding hydrogens is 418 g/mol. The number of ether oxygens (including phenoxy) is 2.